The van der Waals surface area contributed by atoms with E-state index in [1.165, 1.54) is 58.0 Å². The number of piperidine rings is 1. The number of likely N-dealkylation sites (tertiary alicyclic amines) is 2. The van der Waals surface area contributed by atoms with Crippen molar-refractivity contribution in [2.24, 2.45) is 5.92 Å². The van der Waals surface area contributed by atoms with Crippen molar-refractivity contribution in [3.63, 3.8) is 0 Å². The molecule has 0 aromatic carbocycles. The molecule has 1 atom stereocenters. The van der Waals surface area contributed by atoms with Gasteiger partial charge in [0.1, 0.15) is 0 Å². The highest BCUT2D eigenvalue weighted by Crippen LogP contribution is 2.28. The molecule has 3 rings (SSSR count). The predicted octanol–water partition coefficient (Wildman–Crippen LogP) is 2.55. The van der Waals surface area contributed by atoms with E-state index >= 15 is 0 Å². The van der Waals surface area contributed by atoms with Gasteiger partial charge in [-0.1, -0.05) is 32.1 Å². The van der Waals surface area contributed by atoms with Crippen LogP contribution in [0.25, 0.3) is 0 Å². The number of carbonyl (C=O) groups is 2. The van der Waals surface area contributed by atoms with Gasteiger partial charge in [0, 0.05) is 25.6 Å². The predicted molar refractivity (Wildman–Crippen MR) is 99.2 cm³/mol. The first-order valence-electron chi connectivity index (χ1n) is 10.5. The molecule has 0 spiro atoms. The second-order valence-corrected chi connectivity index (χ2v) is 8.14. The van der Waals surface area contributed by atoms with Crippen LogP contribution in [0.3, 0.4) is 0 Å². The van der Waals surface area contributed by atoms with E-state index in [0.29, 0.717) is 19.0 Å². The molecule has 2 aliphatic heterocycles. The topological polar surface area (TPSA) is 52.7 Å². The fraction of sp³-hybridized carbons (Fsp3) is 0.900. The van der Waals surface area contributed by atoms with Gasteiger partial charge < -0.3 is 15.1 Å². The van der Waals surface area contributed by atoms with Crippen molar-refractivity contribution >= 4 is 11.8 Å². The maximum absolute atomic E-state index is 12.4. The number of hydrogen-bond donors (Lipinski definition) is 1. The van der Waals surface area contributed by atoms with Crippen LogP contribution in [0.2, 0.25) is 0 Å². The Morgan fingerprint density at radius 2 is 1.68 bits per heavy atom. The van der Waals surface area contributed by atoms with Crippen molar-refractivity contribution in [2.75, 3.05) is 32.7 Å². The summed E-state index contributed by atoms with van der Waals surface area (Å²) in [4.78, 5) is 29.3. The quantitative estimate of drug-likeness (QED) is 0.592. The van der Waals surface area contributed by atoms with Crippen LogP contribution < -0.4 is 5.32 Å². The number of nitrogens with zero attached hydrogens (tertiary/aromatic N) is 2. The molecule has 1 N–H and O–H groups in total. The molecule has 2 saturated heterocycles. The summed E-state index contributed by atoms with van der Waals surface area (Å²) in [6, 6.07) is 0.381. The normalized spacial score (nSPS) is 26.6. The fourth-order valence-corrected chi connectivity index (χ4v) is 4.67. The number of nitrogens with one attached hydrogen (secondary N) is 1. The Hall–Kier alpha value is -1.10. The van der Waals surface area contributed by atoms with Gasteiger partial charge in [-0.25, -0.2) is 0 Å². The van der Waals surface area contributed by atoms with Gasteiger partial charge in [0.15, 0.2) is 0 Å². The zero-order valence-electron chi connectivity index (χ0n) is 15.7. The van der Waals surface area contributed by atoms with E-state index in [-0.39, 0.29) is 17.7 Å². The number of hydrogen-bond acceptors (Lipinski definition) is 3. The number of carbonyl (C=O) groups excluding carboxylic acids is 2. The first-order chi connectivity index (χ1) is 12.2. The van der Waals surface area contributed by atoms with Crippen molar-refractivity contribution in [2.45, 2.75) is 76.7 Å². The van der Waals surface area contributed by atoms with Crippen molar-refractivity contribution in [3.05, 3.63) is 0 Å². The largest absolute Gasteiger partial charge is 0.356 e. The highest BCUT2D eigenvalue weighted by atomic mass is 16.2. The Morgan fingerprint density at radius 1 is 1.00 bits per heavy atom. The minimum atomic E-state index is -0.134. The van der Waals surface area contributed by atoms with E-state index < -0.39 is 0 Å². The van der Waals surface area contributed by atoms with Gasteiger partial charge in [0.25, 0.3) is 0 Å². The lowest BCUT2D eigenvalue weighted by molar-refractivity contribution is -0.130. The zero-order chi connectivity index (χ0) is 17.5. The first kappa shape index (κ1) is 18.7. The highest BCUT2D eigenvalue weighted by Gasteiger charge is 2.37. The van der Waals surface area contributed by atoms with E-state index in [4.69, 9.17) is 0 Å². The summed E-state index contributed by atoms with van der Waals surface area (Å²) in [5.41, 5.74) is 0. The van der Waals surface area contributed by atoms with Gasteiger partial charge in [0.05, 0.1) is 5.92 Å². The van der Waals surface area contributed by atoms with Crippen molar-refractivity contribution < 1.29 is 9.59 Å². The molecule has 142 valence electrons. The third kappa shape index (κ3) is 5.44. The Balaban J connectivity index is 1.36. The Kier molecular flexibility index (Phi) is 7.14. The molecule has 2 heterocycles. The van der Waals surface area contributed by atoms with E-state index in [1.807, 2.05) is 4.90 Å². The monoisotopic (exact) mass is 349 g/mol. The lowest BCUT2D eigenvalue weighted by Gasteiger charge is -2.27. The molecule has 5 nitrogen and oxygen atoms in total. The molecule has 3 aliphatic rings. The molecule has 3 fully saturated rings. The van der Waals surface area contributed by atoms with E-state index in [1.54, 1.807) is 0 Å². The SMILES string of the molecule is O=C(NCCCN1CCCCC1)[C@@H]1CC(=O)N(C2CCCCCC2)C1. The molecular formula is C20H35N3O2. The number of amides is 2. The van der Waals surface area contributed by atoms with Crippen LogP contribution >= 0.6 is 0 Å². The van der Waals surface area contributed by atoms with Gasteiger partial charge in [-0.05, 0) is 51.7 Å². The minimum Gasteiger partial charge on any atom is -0.356 e. The third-order valence-corrected chi connectivity index (χ3v) is 6.19. The maximum Gasteiger partial charge on any atom is 0.225 e. The molecule has 0 unspecified atom stereocenters. The third-order valence-electron chi connectivity index (χ3n) is 6.19. The Labute approximate surface area is 152 Å². The van der Waals surface area contributed by atoms with E-state index in [0.717, 1.165) is 32.4 Å². The van der Waals surface area contributed by atoms with Crippen molar-refractivity contribution in [1.82, 2.24) is 15.1 Å². The summed E-state index contributed by atoms with van der Waals surface area (Å²) in [6.07, 6.45) is 12.7. The summed E-state index contributed by atoms with van der Waals surface area (Å²) in [5.74, 6) is 0.147. The molecule has 25 heavy (non-hydrogen) atoms. The molecule has 5 heteroatoms. The van der Waals surface area contributed by atoms with Crippen LogP contribution in [-0.4, -0.2) is 60.4 Å². The molecule has 2 amide bonds. The van der Waals surface area contributed by atoms with Crippen LogP contribution in [0.15, 0.2) is 0 Å². The Morgan fingerprint density at radius 3 is 2.40 bits per heavy atom. The minimum absolute atomic E-state index is 0.0862. The molecule has 0 aromatic heterocycles. The maximum atomic E-state index is 12.4. The van der Waals surface area contributed by atoms with Crippen LogP contribution in [-0.2, 0) is 9.59 Å². The van der Waals surface area contributed by atoms with Gasteiger partial charge in [-0.3, -0.25) is 9.59 Å². The lowest BCUT2D eigenvalue weighted by Crippen LogP contribution is -2.38. The molecule has 0 radical (unpaired) electrons. The highest BCUT2D eigenvalue weighted by molar-refractivity contribution is 5.89. The van der Waals surface area contributed by atoms with Gasteiger partial charge >= 0.3 is 0 Å². The standard InChI is InChI=1S/C20H35N3O2/c24-19-15-17(16-23(19)18-9-4-1-2-5-10-18)20(25)21-11-8-14-22-12-6-3-7-13-22/h17-18H,1-16H2,(H,21,25)/t17-/m1/s1. The molecule has 0 bridgehead atoms. The van der Waals surface area contributed by atoms with Gasteiger partial charge in [0.2, 0.25) is 11.8 Å². The Bertz CT molecular complexity index is 440. The van der Waals surface area contributed by atoms with Crippen LogP contribution in [0.1, 0.15) is 70.6 Å². The molecule has 1 aliphatic carbocycles. The average molecular weight is 350 g/mol. The molecule has 1 saturated carbocycles. The second kappa shape index (κ2) is 9.56. The summed E-state index contributed by atoms with van der Waals surface area (Å²) in [6.45, 7) is 4.88. The summed E-state index contributed by atoms with van der Waals surface area (Å²) >= 11 is 0. The van der Waals surface area contributed by atoms with Crippen LogP contribution in [0.4, 0.5) is 0 Å². The van der Waals surface area contributed by atoms with Gasteiger partial charge in [-0.15, -0.1) is 0 Å². The summed E-state index contributed by atoms with van der Waals surface area (Å²) in [7, 11) is 0. The van der Waals surface area contributed by atoms with E-state index in [9.17, 15) is 9.59 Å². The lowest BCUT2D eigenvalue weighted by atomic mass is 10.1. The summed E-state index contributed by atoms with van der Waals surface area (Å²) < 4.78 is 0. The van der Waals surface area contributed by atoms with E-state index in [2.05, 4.69) is 10.2 Å². The smallest absolute Gasteiger partial charge is 0.225 e. The summed E-state index contributed by atoms with van der Waals surface area (Å²) in [5, 5.41) is 3.08. The average Bonchev–Trinajstić information content (AvgIpc) is 2.84. The molecular weight excluding hydrogens is 314 g/mol. The first-order valence-corrected chi connectivity index (χ1v) is 10.5. The van der Waals surface area contributed by atoms with Crippen molar-refractivity contribution in [3.8, 4) is 0 Å². The second-order valence-electron chi connectivity index (χ2n) is 8.14. The fourth-order valence-electron chi connectivity index (χ4n) is 4.67. The van der Waals surface area contributed by atoms with Gasteiger partial charge in [-0.2, -0.15) is 0 Å². The van der Waals surface area contributed by atoms with Crippen molar-refractivity contribution in [1.29, 1.82) is 0 Å². The number of rotatable bonds is 6. The van der Waals surface area contributed by atoms with Crippen LogP contribution in [0.5, 0.6) is 0 Å². The molecule has 0 aromatic rings. The zero-order valence-corrected chi connectivity index (χ0v) is 15.7. The van der Waals surface area contributed by atoms with Crippen LogP contribution in [0, 0.1) is 5.92 Å².